The Labute approximate surface area is 118 Å². The highest BCUT2D eigenvalue weighted by molar-refractivity contribution is 6.31. The Balaban J connectivity index is 1.98. The molecule has 1 fully saturated rings. The van der Waals surface area contributed by atoms with Crippen molar-refractivity contribution >= 4 is 17.5 Å². The molecule has 0 bridgehead atoms. The number of nitrogens with zero attached hydrogens (tertiary/aromatic N) is 1. The molecule has 0 unspecified atom stereocenters. The number of amides is 1. The van der Waals surface area contributed by atoms with E-state index in [1.54, 1.807) is 0 Å². The smallest absolute Gasteiger partial charge is 0.349 e. The van der Waals surface area contributed by atoms with Crippen LogP contribution in [0, 0.1) is 0 Å². The number of alkyl halides is 3. The van der Waals surface area contributed by atoms with Crippen molar-refractivity contribution < 1.29 is 18.0 Å². The van der Waals surface area contributed by atoms with Crippen molar-refractivity contribution in [1.29, 1.82) is 0 Å². The van der Waals surface area contributed by atoms with Gasteiger partial charge < -0.3 is 10.6 Å². The lowest BCUT2D eigenvalue weighted by molar-refractivity contribution is -0.137. The molecule has 8 heteroatoms. The second-order valence-electron chi connectivity index (χ2n) is 4.52. The van der Waals surface area contributed by atoms with Crippen molar-refractivity contribution in [2.75, 3.05) is 6.54 Å². The third-order valence-corrected chi connectivity index (χ3v) is 3.38. The third-order valence-electron chi connectivity index (χ3n) is 3.05. The number of halogens is 4. The van der Waals surface area contributed by atoms with Gasteiger partial charge in [-0.1, -0.05) is 11.6 Å². The Hall–Kier alpha value is -1.34. The number of carbonyl (C=O) groups excluding carboxylic acids is 1. The van der Waals surface area contributed by atoms with Gasteiger partial charge in [0.05, 0.1) is 28.9 Å². The summed E-state index contributed by atoms with van der Waals surface area (Å²) in [5.41, 5.74) is -0.693. The third kappa shape index (κ3) is 3.61. The van der Waals surface area contributed by atoms with Crippen LogP contribution in [0.15, 0.2) is 12.3 Å². The van der Waals surface area contributed by atoms with Gasteiger partial charge in [-0.05, 0) is 25.5 Å². The second kappa shape index (κ2) is 5.97. The van der Waals surface area contributed by atoms with Crippen LogP contribution in [0.5, 0.6) is 0 Å². The maximum absolute atomic E-state index is 12.4. The van der Waals surface area contributed by atoms with Crippen LogP contribution in [0.25, 0.3) is 0 Å². The molecule has 1 aliphatic rings. The number of aromatic nitrogens is 1. The topological polar surface area (TPSA) is 54.0 Å². The Kier molecular flexibility index (Phi) is 4.49. The van der Waals surface area contributed by atoms with Crippen molar-refractivity contribution in [2.24, 2.45) is 0 Å². The largest absolute Gasteiger partial charge is 0.417 e. The van der Waals surface area contributed by atoms with Gasteiger partial charge in [0.1, 0.15) is 0 Å². The van der Waals surface area contributed by atoms with Crippen LogP contribution < -0.4 is 10.6 Å². The molecule has 0 aliphatic carbocycles. The van der Waals surface area contributed by atoms with Crippen LogP contribution in [0.1, 0.15) is 24.1 Å². The average molecular weight is 308 g/mol. The van der Waals surface area contributed by atoms with Gasteiger partial charge in [0.25, 0.3) is 0 Å². The van der Waals surface area contributed by atoms with E-state index in [4.69, 9.17) is 11.6 Å². The molecule has 0 saturated carbocycles. The van der Waals surface area contributed by atoms with Gasteiger partial charge in [0.2, 0.25) is 5.91 Å². The molecule has 0 aromatic carbocycles. The van der Waals surface area contributed by atoms with Gasteiger partial charge in [-0.3, -0.25) is 9.78 Å². The van der Waals surface area contributed by atoms with Gasteiger partial charge in [-0.25, -0.2) is 0 Å². The molecule has 1 aromatic rings. The second-order valence-corrected chi connectivity index (χ2v) is 4.92. The Morgan fingerprint density at radius 1 is 1.55 bits per heavy atom. The van der Waals surface area contributed by atoms with Crippen LogP contribution in [0.4, 0.5) is 13.2 Å². The molecule has 4 nitrogen and oxygen atoms in total. The number of carbonyl (C=O) groups is 1. The van der Waals surface area contributed by atoms with Gasteiger partial charge in [-0.2, -0.15) is 13.2 Å². The molecule has 1 aliphatic heterocycles. The van der Waals surface area contributed by atoms with Crippen LogP contribution in [-0.2, 0) is 17.5 Å². The van der Waals surface area contributed by atoms with Gasteiger partial charge >= 0.3 is 6.18 Å². The summed E-state index contributed by atoms with van der Waals surface area (Å²) in [7, 11) is 0. The molecule has 1 amide bonds. The lowest BCUT2D eigenvalue weighted by Gasteiger charge is -2.12. The molecule has 20 heavy (non-hydrogen) atoms. The summed E-state index contributed by atoms with van der Waals surface area (Å²) in [6.45, 7) is 0.797. The van der Waals surface area contributed by atoms with Crippen molar-refractivity contribution in [3.8, 4) is 0 Å². The fourth-order valence-electron chi connectivity index (χ4n) is 1.95. The van der Waals surface area contributed by atoms with Gasteiger partial charge in [0, 0.05) is 6.20 Å². The van der Waals surface area contributed by atoms with Crippen LogP contribution in [0.3, 0.4) is 0 Å². The Morgan fingerprint density at radius 2 is 2.30 bits per heavy atom. The lowest BCUT2D eigenvalue weighted by Crippen LogP contribution is -2.40. The number of pyridine rings is 1. The van der Waals surface area contributed by atoms with E-state index in [2.05, 4.69) is 15.6 Å². The quantitative estimate of drug-likeness (QED) is 0.899. The Bertz CT molecular complexity index is 501. The lowest BCUT2D eigenvalue weighted by atomic mass is 10.2. The standard InChI is InChI=1S/C12H13ClF3N3O/c13-8-4-7(12(14,15)16)5-18-10(8)6-19-11(20)9-2-1-3-17-9/h4-5,9,17H,1-3,6H2,(H,19,20)/t9-/m0/s1. The number of rotatable bonds is 3. The minimum atomic E-state index is -4.48. The normalized spacial score (nSPS) is 19.1. The summed E-state index contributed by atoms with van der Waals surface area (Å²) in [6.07, 6.45) is -2.09. The zero-order valence-electron chi connectivity index (χ0n) is 10.4. The van der Waals surface area contributed by atoms with E-state index >= 15 is 0 Å². The maximum Gasteiger partial charge on any atom is 0.417 e. The molecule has 2 N–H and O–H groups in total. The molecule has 0 radical (unpaired) electrons. The zero-order chi connectivity index (χ0) is 14.8. The summed E-state index contributed by atoms with van der Waals surface area (Å²) in [4.78, 5) is 15.4. The monoisotopic (exact) mass is 307 g/mol. The fraction of sp³-hybridized carbons (Fsp3) is 0.500. The van der Waals surface area contributed by atoms with Crippen molar-refractivity contribution in [1.82, 2.24) is 15.6 Å². The van der Waals surface area contributed by atoms with E-state index in [9.17, 15) is 18.0 Å². The summed E-state index contributed by atoms with van der Waals surface area (Å²) in [6, 6.07) is 0.562. The van der Waals surface area contributed by atoms with Crippen molar-refractivity contribution in [2.45, 2.75) is 31.6 Å². The van der Waals surface area contributed by atoms with Crippen molar-refractivity contribution in [3.05, 3.63) is 28.5 Å². The van der Waals surface area contributed by atoms with Crippen LogP contribution >= 0.6 is 11.6 Å². The SMILES string of the molecule is O=C(NCc1ncc(C(F)(F)F)cc1Cl)[C@@H]1CCCN1. The highest BCUT2D eigenvalue weighted by atomic mass is 35.5. The number of nitrogens with one attached hydrogen (secondary N) is 2. The molecule has 2 rings (SSSR count). The molecule has 2 heterocycles. The predicted molar refractivity (Wildman–Crippen MR) is 67.1 cm³/mol. The molecule has 1 atom stereocenters. The van der Waals surface area contributed by atoms with Crippen molar-refractivity contribution in [3.63, 3.8) is 0 Å². The molecule has 110 valence electrons. The van der Waals surface area contributed by atoms with Gasteiger partial charge in [-0.15, -0.1) is 0 Å². The average Bonchev–Trinajstić information content (AvgIpc) is 2.89. The van der Waals surface area contributed by atoms with Gasteiger partial charge in [0.15, 0.2) is 0 Å². The summed E-state index contributed by atoms with van der Waals surface area (Å²) in [5.74, 6) is -0.194. The number of hydrogen-bond donors (Lipinski definition) is 2. The molecule has 0 spiro atoms. The molecule has 1 saturated heterocycles. The first-order valence-corrected chi connectivity index (χ1v) is 6.48. The zero-order valence-corrected chi connectivity index (χ0v) is 11.2. The minimum Gasteiger partial charge on any atom is -0.349 e. The highest BCUT2D eigenvalue weighted by Crippen LogP contribution is 2.30. The molecular formula is C12H13ClF3N3O. The summed E-state index contributed by atoms with van der Waals surface area (Å²) < 4.78 is 37.3. The van der Waals surface area contributed by atoms with E-state index in [0.29, 0.717) is 6.20 Å². The maximum atomic E-state index is 12.4. The predicted octanol–water partition coefficient (Wildman–Crippen LogP) is 2.12. The van der Waals surface area contributed by atoms with E-state index in [1.807, 2.05) is 0 Å². The summed E-state index contributed by atoms with van der Waals surface area (Å²) >= 11 is 5.75. The fourth-order valence-corrected chi connectivity index (χ4v) is 2.19. The first-order valence-electron chi connectivity index (χ1n) is 6.10. The van der Waals surface area contributed by atoms with E-state index in [1.165, 1.54) is 0 Å². The molecular weight excluding hydrogens is 295 g/mol. The van der Waals surface area contributed by atoms with E-state index in [-0.39, 0.29) is 29.2 Å². The minimum absolute atomic E-state index is 0.00792. The summed E-state index contributed by atoms with van der Waals surface area (Å²) in [5, 5.41) is 5.52. The Morgan fingerprint density at radius 3 is 2.85 bits per heavy atom. The first-order chi connectivity index (χ1) is 9.38. The van der Waals surface area contributed by atoms with E-state index in [0.717, 1.165) is 25.5 Å². The number of hydrogen-bond acceptors (Lipinski definition) is 3. The van der Waals surface area contributed by atoms with Crippen LogP contribution in [0.2, 0.25) is 5.02 Å². The highest BCUT2D eigenvalue weighted by Gasteiger charge is 2.31. The van der Waals surface area contributed by atoms with E-state index < -0.39 is 11.7 Å². The first kappa shape index (κ1) is 15.1. The molecule has 1 aromatic heterocycles. The van der Waals surface area contributed by atoms with Crippen LogP contribution in [-0.4, -0.2) is 23.5 Å².